The predicted octanol–water partition coefficient (Wildman–Crippen LogP) is 2.38. The van der Waals surface area contributed by atoms with Crippen LogP contribution in [0.1, 0.15) is 34.8 Å². The summed E-state index contributed by atoms with van der Waals surface area (Å²) in [5, 5.41) is 7.26. The highest BCUT2D eigenvalue weighted by molar-refractivity contribution is 5.99. The third kappa shape index (κ3) is 3.10. The number of nitrogens with zero attached hydrogens (tertiary/aromatic N) is 4. The minimum absolute atomic E-state index is 0.0431. The molecule has 1 aliphatic rings. The van der Waals surface area contributed by atoms with Crippen molar-refractivity contribution in [2.24, 2.45) is 7.05 Å². The van der Waals surface area contributed by atoms with Gasteiger partial charge in [-0.05, 0) is 43.6 Å². The van der Waals surface area contributed by atoms with Crippen molar-refractivity contribution in [1.82, 2.24) is 24.4 Å². The molecule has 1 fully saturated rings. The summed E-state index contributed by atoms with van der Waals surface area (Å²) < 4.78 is 16.9. The molecule has 7 heteroatoms. The Morgan fingerprint density at radius 3 is 2.69 bits per heavy atom. The number of aromatic nitrogens is 3. The molecule has 0 saturated carbocycles. The van der Waals surface area contributed by atoms with Crippen LogP contribution in [0.3, 0.4) is 0 Å². The monoisotopic (exact) mass is 355 g/mol. The Morgan fingerprint density at radius 1 is 1.23 bits per heavy atom. The summed E-state index contributed by atoms with van der Waals surface area (Å²) in [6, 6.07) is 6.61. The van der Waals surface area contributed by atoms with E-state index in [1.54, 1.807) is 22.8 Å². The van der Waals surface area contributed by atoms with Crippen LogP contribution in [0.15, 0.2) is 42.9 Å². The molecular weight excluding hydrogens is 333 g/mol. The fraction of sp³-hybridized carbons (Fsp3) is 0.368. The molecule has 1 aromatic carbocycles. The Morgan fingerprint density at radius 2 is 1.96 bits per heavy atom. The first kappa shape index (κ1) is 16.8. The van der Waals surface area contributed by atoms with Gasteiger partial charge in [-0.1, -0.05) is 12.1 Å². The highest BCUT2D eigenvalue weighted by atomic mass is 19.1. The van der Waals surface area contributed by atoms with E-state index in [-0.39, 0.29) is 17.8 Å². The van der Waals surface area contributed by atoms with Gasteiger partial charge in [0, 0.05) is 26.0 Å². The Kier molecular flexibility index (Phi) is 4.46. The maximum Gasteiger partial charge on any atom is 0.256 e. The minimum atomic E-state index is -0.246. The van der Waals surface area contributed by atoms with Crippen molar-refractivity contribution < 1.29 is 9.18 Å². The maximum atomic E-state index is 13.3. The number of imidazole rings is 1. The largest absolute Gasteiger partial charge is 0.350 e. The molecule has 6 nitrogen and oxygen atoms in total. The van der Waals surface area contributed by atoms with E-state index < -0.39 is 0 Å². The van der Waals surface area contributed by atoms with Crippen molar-refractivity contribution in [3.8, 4) is 0 Å². The summed E-state index contributed by atoms with van der Waals surface area (Å²) in [4.78, 5) is 15.1. The van der Waals surface area contributed by atoms with Crippen molar-refractivity contribution in [1.29, 1.82) is 0 Å². The summed E-state index contributed by atoms with van der Waals surface area (Å²) in [5.41, 5.74) is 2.34. The van der Waals surface area contributed by atoms with Crippen molar-refractivity contribution in [3.63, 3.8) is 0 Å². The van der Waals surface area contributed by atoms with E-state index in [1.165, 1.54) is 12.1 Å². The Bertz CT molecular complexity index is 908. The molecule has 136 valence electrons. The van der Waals surface area contributed by atoms with E-state index in [2.05, 4.69) is 15.3 Å². The first-order valence-corrected chi connectivity index (χ1v) is 8.90. The van der Waals surface area contributed by atoms with Crippen LogP contribution in [0, 0.1) is 5.82 Å². The van der Waals surface area contributed by atoms with Gasteiger partial charge in [-0.25, -0.2) is 8.91 Å². The molecular formula is C19H22FN5O. The predicted molar refractivity (Wildman–Crippen MR) is 96.4 cm³/mol. The summed E-state index contributed by atoms with van der Waals surface area (Å²) >= 11 is 0. The van der Waals surface area contributed by atoms with Gasteiger partial charge in [-0.3, -0.25) is 9.69 Å². The zero-order valence-corrected chi connectivity index (χ0v) is 14.7. The molecule has 0 unspecified atom stereocenters. The fourth-order valence-electron chi connectivity index (χ4n) is 3.69. The average Bonchev–Trinajstić information content (AvgIpc) is 3.36. The van der Waals surface area contributed by atoms with Crippen LogP contribution in [0.4, 0.5) is 4.39 Å². The Balaban J connectivity index is 1.53. The van der Waals surface area contributed by atoms with Gasteiger partial charge in [-0.2, -0.15) is 5.10 Å². The van der Waals surface area contributed by atoms with Crippen molar-refractivity contribution in [2.75, 3.05) is 19.6 Å². The number of carbonyl (C=O) groups excluding carboxylic acids is 1. The number of hydrogen-bond acceptors (Lipinski definition) is 3. The number of aryl methyl sites for hydroxylation is 1. The number of halogens is 1. The first-order valence-electron chi connectivity index (χ1n) is 8.90. The van der Waals surface area contributed by atoms with Gasteiger partial charge in [-0.15, -0.1) is 0 Å². The Labute approximate surface area is 151 Å². The van der Waals surface area contributed by atoms with Crippen LogP contribution in [0.5, 0.6) is 0 Å². The summed E-state index contributed by atoms with van der Waals surface area (Å²) in [5.74, 6) is -0.392. The zero-order valence-electron chi connectivity index (χ0n) is 14.7. The second kappa shape index (κ2) is 6.92. The zero-order chi connectivity index (χ0) is 18.1. The molecule has 1 saturated heterocycles. The van der Waals surface area contributed by atoms with Gasteiger partial charge in [0.25, 0.3) is 5.91 Å². The molecule has 0 bridgehead atoms. The number of carbonyl (C=O) groups is 1. The smallest absolute Gasteiger partial charge is 0.256 e. The van der Waals surface area contributed by atoms with Gasteiger partial charge in [0.05, 0.1) is 12.2 Å². The van der Waals surface area contributed by atoms with Crippen LogP contribution in [-0.4, -0.2) is 44.6 Å². The molecule has 3 aromatic rings. The van der Waals surface area contributed by atoms with Crippen molar-refractivity contribution >= 4 is 11.6 Å². The van der Waals surface area contributed by atoms with E-state index in [1.807, 2.05) is 24.0 Å². The molecule has 0 aliphatic carbocycles. The SMILES string of the molecule is Cn1ccn2ncc(C(=O)NC[C@@H](c3ccc(F)cc3)N3CCCC3)c12. The van der Waals surface area contributed by atoms with Crippen LogP contribution in [0.2, 0.25) is 0 Å². The molecule has 1 atom stereocenters. The van der Waals surface area contributed by atoms with Crippen molar-refractivity contribution in [2.45, 2.75) is 18.9 Å². The number of benzene rings is 1. The van der Waals surface area contributed by atoms with E-state index in [4.69, 9.17) is 0 Å². The molecule has 1 amide bonds. The number of likely N-dealkylation sites (tertiary alicyclic amines) is 1. The molecule has 2 aromatic heterocycles. The van der Waals surface area contributed by atoms with Crippen LogP contribution in [-0.2, 0) is 7.05 Å². The summed E-state index contributed by atoms with van der Waals surface area (Å²) in [6.45, 7) is 2.47. The van der Waals surface area contributed by atoms with Crippen molar-refractivity contribution in [3.05, 3.63) is 59.8 Å². The lowest BCUT2D eigenvalue weighted by atomic mass is 10.1. The number of nitrogens with one attached hydrogen (secondary N) is 1. The highest BCUT2D eigenvalue weighted by Gasteiger charge is 2.25. The fourth-order valence-corrected chi connectivity index (χ4v) is 3.69. The standard InChI is InChI=1S/C19H22FN5O/c1-23-10-11-25-19(23)16(12-22-25)18(26)21-13-17(24-8-2-3-9-24)14-4-6-15(20)7-5-14/h4-7,10-12,17H,2-3,8-9,13H2,1H3,(H,21,26)/t17-/m0/s1. The number of amides is 1. The highest BCUT2D eigenvalue weighted by Crippen LogP contribution is 2.25. The number of hydrogen-bond donors (Lipinski definition) is 1. The van der Waals surface area contributed by atoms with Gasteiger partial charge in [0.2, 0.25) is 0 Å². The molecule has 0 spiro atoms. The van der Waals surface area contributed by atoms with E-state index in [9.17, 15) is 9.18 Å². The number of rotatable bonds is 5. The lowest BCUT2D eigenvalue weighted by Crippen LogP contribution is -2.36. The third-order valence-corrected chi connectivity index (χ3v) is 5.07. The molecule has 1 N–H and O–H groups in total. The molecule has 4 rings (SSSR count). The van der Waals surface area contributed by atoms with E-state index in [0.717, 1.165) is 37.1 Å². The van der Waals surface area contributed by atoms with Crippen LogP contribution < -0.4 is 5.32 Å². The second-order valence-corrected chi connectivity index (χ2v) is 6.76. The molecule has 3 heterocycles. The van der Waals surface area contributed by atoms with E-state index >= 15 is 0 Å². The molecule has 1 aliphatic heterocycles. The summed E-state index contributed by atoms with van der Waals surface area (Å²) in [7, 11) is 1.89. The van der Waals surface area contributed by atoms with Gasteiger partial charge >= 0.3 is 0 Å². The van der Waals surface area contributed by atoms with Crippen LogP contribution in [0.25, 0.3) is 5.65 Å². The van der Waals surface area contributed by atoms with Gasteiger partial charge < -0.3 is 9.88 Å². The number of fused-ring (bicyclic) bond motifs is 1. The molecule has 0 radical (unpaired) electrons. The third-order valence-electron chi connectivity index (χ3n) is 5.07. The Hall–Kier alpha value is -2.67. The van der Waals surface area contributed by atoms with Gasteiger partial charge in [0.15, 0.2) is 0 Å². The molecule has 26 heavy (non-hydrogen) atoms. The maximum absolute atomic E-state index is 13.3. The minimum Gasteiger partial charge on any atom is -0.350 e. The summed E-state index contributed by atoms with van der Waals surface area (Å²) in [6.07, 6.45) is 7.58. The average molecular weight is 355 g/mol. The quantitative estimate of drug-likeness (QED) is 0.765. The topological polar surface area (TPSA) is 54.6 Å². The van der Waals surface area contributed by atoms with Gasteiger partial charge in [0.1, 0.15) is 17.0 Å². The first-order chi connectivity index (χ1) is 12.6. The van der Waals surface area contributed by atoms with E-state index in [0.29, 0.717) is 12.1 Å². The lowest BCUT2D eigenvalue weighted by Gasteiger charge is -2.28. The second-order valence-electron chi connectivity index (χ2n) is 6.76. The van der Waals surface area contributed by atoms with Crippen LogP contribution >= 0.6 is 0 Å². The lowest BCUT2D eigenvalue weighted by molar-refractivity contribution is 0.0939. The normalized spacial score (nSPS) is 16.2.